The Morgan fingerprint density at radius 2 is 1.87 bits per heavy atom. The number of hydrogen-bond acceptors (Lipinski definition) is 3. The van der Waals surface area contributed by atoms with Crippen LogP contribution in [0.4, 0.5) is 4.79 Å². The molecule has 1 amide bonds. The molecule has 3 fully saturated rings. The molecule has 1 aromatic heterocycles. The molecule has 5 rings (SSSR count). The smallest absolute Gasteiger partial charge is 0.407 e. The fourth-order valence-electron chi connectivity index (χ4n) is 5.38. The van der Waals surface area contributed by atoms with Crippen LogP contribution in [0.3, 0.4) is 0 Å². The monoisotopic (exact) mass is 441 g/mol. The van der Waals surface area contributed by atoms with Gasteiger partial charge in [0, 0.05) is 30.2 Å². The maximum atomic E-state index is 12.6. The molecule has 5 heteroatoms. The minimum Gasteiger partial charge on any atom is -0.440 e. The number of nitrogens with one attached hydrogen (secondary N) is 1. The summed E-state index contributed by atoms with van der Waals surface area (Å²) in [7, 11) is 0. The van der Waals surface area contributed by atoms with E-state index >= 15 is 0 Å². The second kappa shape index (κ2) is 10.6. The van der Waals surface area contributed by atoms with Crippen LogP contribution in [0.15, 0.2) is 41.8 Å². The summed E-state index contributed by atoms with van der Waals surface area (Å²) in [5, 5.41) is 5.11. The van der Waals surface area contributed by atoms with Crippen molar-refractivity contribution in [1.82, 2.24) is 5.32 Å². The number of amides is 1. The van der Waals surface area contributed by atoms with Crippen molar-refractivity contribution in [3.8, 4) is 10.4 Å². The molecule has 0 unspecified atom stereocenters. The van der Waals surface area contributed by atoms with Crippen LogP contribution in [0.25, 0.3) is 10.4 Å². The third kappa shape index (κ3) is 5.69. The van der Waals surface area contributed by atoms with E-state index in [2.05, 4.69) is 48.0 Å². The fraction of sp³-hybridized carbons (Fsp3) is 0.577. The van der Waals surface area contributed by atoms with Crippen molar-refractivity contribution in [2.75, 3.05) is 26.2 Å². The number of benzene rings is 1. The van der Waals surface area contributed by atoms with Gasteiger partial charge in [-0.2, -0.15) is 0 Å². The van der Waals surface area contributed by atoms with Crippen molar-refractivity contribution >= 4 is 17.4 Å². The van der Waals surface area contributed by atoms with E-state index in [1.54, 1.807) is 11.3 Å². The summed E-state index contributed by atoms with van der Waals surface area (Å²) >= 11 is 1.72. The van der Waals surface area contributed by atoms with Crippen molar-refractivity contribution in [2.45, 2.75) is 64.5 Å². The number of quaternary nitrogens is 1. The van der Waals surface area contributed by atoms with Crippen molar-refractivity contribution in [3.05, 3.63) is 47.3 Å². The molecule has 168 valence electrons. The number of ether oxygens (including phenoxy) is 1. The SMILES string of the molecule is CCCCCCC[N+]12CCC(CC1)[C@@H](OC(=O)NCc1ccsc1-c1ccccc1)C2. The molecule has 1 aromatic carbocycles. The number of carbonyl (C=O) groups is 1. The van der Waals surface area contributed by atoms with E-state index in [4.69, 9.17) is 4.74 Å². The Labute approximate surface area is 191 Å². The molecular weight excluding hydrogens is 404 g/mol. The van der Waals surface area contributed by atoms with Crippen molar-refractivity contribution in [1.29, 1.82) is 0 Å². The zero-order valence-electron chi connectivity index (χ0n) is 18.9. The van der Waals surface area contributed by atoms with Gasteiger partial charge in [0.15, 0.2) is 6.10 Å². The van der Waals surface area contributed by atoms with Gasteiger partial charge in [0.2, 0.25) is 0 Å². The summed E-state index contributed by atoms with van der Waals surface area (Å²) in [6.07, 6.45) is 8.88. The first-order valence-corrected chi connectivity index (χ1v) is 13.0. The van der Waals surface area contributed by atoms with E-state index in [-0.39, 0.29) is 12.2 Å². The second-order valence-electron chi connectivity index (χ2n) is 9.38. The van der Waals surface area contributed by atoms with Crippen LogP contribution >= 0.6 is 11.3 Å². The van der Waals surface area contributed by atoms with Gasteiger partial charge < -0.3 is 14.5 Å². The lowest BCUT2D eigenvalue weighted by Crippen LogP contribution is -2.64. The number of unbranched alkanes of at least 4 members (excludes halogenated alkanes) is 4. The first-order chi connectivity index (χ1) is 15.2. The van der Waals surface area contributed by atoms with Crippen LogP contribution in [0, 0.1) is 5.92 Å². The number of thiophene rings is 1. The van der Waals surface area contributed by atoms with E-state index in [0.717, 1.165) is 12.1 Å². The topological polar surface area (TPSA) is 38.3 Å². The number of rotatable bonds is 10. The van der Waals surface area contributed by atoms with Gasteiger partial charge in [0.05, 0.1) is 19.6 Å². The Morgan fingerprint density at radius 1 is 1.10 bits per heavy atom. The summed E-state index contributed by atoms with van der Waals surface area (Å²) in [6.45, 7) is 7.60. The van der Waals surface area contributed by atoms with Gasteiger partial charge in [0.25, 0.3) is 0 Å². The molecule has 0 saturated carbocycles. The quantitative estimate of drug-likeness (QED) is 0.351. The predicted molar refractivity (Wildman–Crippen MR) is 128 cm³/mol. The van der Waals surface area contributed by atoms with Crippen molar-refractivity contribution in [3.63, 3.8) is 0 Å². The Balaban J connectivity index is 1.27. The Morgan fingerprint density at radius 3 is 2.65 bits per heavy atom. The van der Waals surface area contributed by atoms with E-state index in [0.29, 0.717) is 12.5 Å². The third-order valence-electron chi connectivity index (χ3n) is 7.24. The average Bonchev–Trinajstić information content (AvgIpc) is 3.28. The Hall–Kier alpha value is -1.85. The van der Waals surface area contributed by atoms with Crippen LogP contribution in [-0.4, -0.2) is 42.9 Å². The maximum Gasteiger partial charge on any atom is 0.407 e. The van der Waals surface area contributed by atoms with E-state index in [1.165, 1.54) is 79.5 Å². The lowest BCUT2D eigenvalue weighted by atomic mass is 9.83. The zero-order valence-corrected chi connectivity index (χ0v) is 19.7. The highest BCUT2D eigenvalue weighted by Crippen LogP contribution is 2.36. The maximum absolute atomic E-state index is 12.6. The number of fused-ring (bicyclic) bond motifs is 3. The first kappa shape index (κ1) is 22.3. The van der Waals surface area contributed by atoms with Crippen LogP contribution in [-0.2, 0) is 11.3 Å². The molecule has 4 nitrogen and oxygen atoms in total. The first-order valence-electron chi connectivity index (χ1n) is 12.1. The molecule has 2 bridgehead atoms. The van der Waals surface area contributed by atoms with Gasteiger partial charge in [-0.1, -0.05) is 56.5 Å². The highest BCUT2D eigenvalue weighted by Gasteiger charge is 2.47. The average molecular weight is 442 g/mol. The molecule has 0 radical (unpaired) electrons. The van der Waals surface area contributed by atoms with Gasteiger partial charge >= 0.3 is 6.09 Å². The van der Waals surface area contributed by atoms with Crippen LogP contribution in [0.5, 0.6) is 0 Å². The number of hydrogen-bond donors (Lipinski definition) is 1. The second-order valence-corrected chi connectivity index (χ2v) is 10.3. The van der Waals surface area contributed by atoms with Gasteiger partial charge in [-0.15, -0.1) is 11.3 Å². The van der Waals surface area contributed by atoms with Crippen molar-refractivity contribution in [2.24, 2.45) is 5.92 Å². The molecule has 4 heterocycles. The minimum atomic E-state index is -0.259. The summed E-state index contributed by atoms with van der Waals surface area (Å²) in [5.74, 6) is 0.548. The molecular formula is C26H37N2O2S+. The number of alkyl carbamates (subject to hydrolysis) is 1. The third-order valence-corrected chi connectivity index (χ3v) is 8.25. The van der Waals surface area contributed by atoms with E-state index in [1.807, 2.05) is 6.07 Å². The molecule has 31 heavy (non-hydrogen) atoms. The van der Waals surface area contributed by atoms with Crippen LogP contribution in [0.1, 0.15) is 57.4 Å². The summed E-state index contributed by atoms with van der Waals surface area (Å²) < 4.78 is 7.15. The number of piperidine rings is 3. The Kier molecular flexibility index (Phi) is 7.67. The zero-order chi connectivity index (χ0) is 21.5. The molecule has 1 N–H and O–H groups in total. The lowest BCUT2D eigenvalue weighted by Gasteiger charge is -2.52. The molecule has 2 aromatic rings. The standard InChI is InChI=1S/C26H36N2O2S/c1-2-3-4-5-9-15-28-16-12-21(13-17-28)24(20-28)30-26(29)27-19-23-14-18-31-25(23)22-10-7-6-8-11-22/h6-8,10-11,14,18,21,24H,2-5,9,12-13,15-17,19-20H2,1H3/p+1/t21?,24-,28?/m0/s1. The predicted octanol–water partition coefficient (Wildman–Crippen LogP) is 6.22. The summed E-state index contributed by atoms with van der Waals surface area (Å²) in [6, 6.07) is 12.5. The van der Waals surface area contributed by atoms with E-state index < -0.39 is 0 Å². The van der Waals surface area contributed by atoms with Crippen LogP contribution < -0.4 is 5.32 Å². The summed E-state index contributed by atoms with van der Waals surface area (Å²) in [4.78, 5) is 13.8. The number of carbonyl (C=O) groups excluding carboxylic acids is 1. The highest BCUT2D eigenvalue weighted by molar-refractivity contribution is 7.13. The van der Waals surface area contributed by atoms with Gasteiger partial charge in [-0.25, -0.2) is 4.79 Å². The lowest BCUT2D eigenvalue weighted by molar-refractivity contribution is -0.946. The Bertz CT molecular complexity index is 827. The fourth-order valence-corrected chi connectivity index (χ4v) is 6.32. The molecule has 3 aliphatic rings. The molecule has 3 aliphatic heterocycles. The van der Waals surface area contributed by atoms with E-state index in [9.17, 15) is 4.79 Å². The largest absolute Gasteiger partial charge is 0.440 e. The highest BCUT2D eigenvalue weighted by atomic mass is 32.1. The van der Waals surface area contributed by atoms with Crippen LogP contribution in [0.2, 0.25) is 0 Å². The van der Waals surface area contributed by atoms with Gasteiger partial charge in [0.1, 0.15) is 6.54 Å². The molecule has 0 spiro atoms. The molecule has 1 atom stereocenters. The normalized spacial score (nSPS) is 24.8. The summed E-state index contributed by atoms with van der Waals surface area (Å²) in [5.41, 5.74) is 2.35. The molecule has 3 saturated heterocycles. The number of nitrogens with zero attached hydrogens (tertiary/aromatic N) is 1. The molecule has 0 aliphatic carbocycles. The van der Waals surface area contributed by atoms with Gasteiger partial charge in [-0.3, -0.25) is 0 Å². The van der Waals surface area contributed by atoms with Gasteiger partial charge in [-0.05, 0) is 35.4 Å². The minimum absolute atomic E-state index is 0.0780. The van der Waals surface area contributed by atoms with Crippen molar-refractivity contribution < 1.29 is 14.0 Å².